The van der Waals surface area contributed by atoms with Crippen LogP contribution in [0.15, 0.2) is 71.8 Å². The Bertz CT molecular complexity index is 1530. The average molecular weight is 530 g/mol. The highest BCUT2D eigenvalue weighted by molar-refractivity contribution is 7.90. The van der Waals surface area contributed by atoms with Crippen LogP contribution < -0.4 is 10.8 Å². The maximum absolute atomic E-state index is 12.6. The Morgan fingerprint density at radius 2 is 1.82 bits per heavy atom. The van der Waals surface area contributed by atoms with Gasteiger partial charge < -0.3 is 15.0 Å². The molecule has 195 valence electrons. The molecule has 5 rings (SSSR count). The lowest BCUT2D eigenvalue weighted by atomic mass is 9.75. The summed E-state index contributed by atoms with van der Waals surface area (Å²) in [4.78, 5) is 19.6. The van der Waals surface area contributed by atoms with E-state index in [-0.39, 0.29) is 23.5 Å². The van der Waals surface area contributed by atoms with E-state index < -0.39 is 9.84 Å². The molecule has 0 atom stereocenters. The lowest BCUT2D eigenvalue weighted by Crippen LogP contribution is -2.38. The van der Waals surface area contributed by atoms with E-state index in [1.54, 1.807) is 39.9 Å². The first-order chi connectivity index (χ1) is 18.3. The summed E-state index contributed by atoms with van der Waals surface area (Å²) in [6.45, 7) is 3.39. The smallest absolute Gasteiger partial charge is 0.410 e. The van der Waals surface area contributed by atoms with Crippen LogP contribution in [0, 0.1) is 0 Å². The van der Waals surface area contributed by atoms with Gasteiger partial charge in [-0.3, -0.25) is 0 Å². The Hall–Kier alpha value is -3.86. The maximum Gasteiger partial charge on any atom is 0.410 e. The summed E-state index contributed by atoms with van der Waals surface area (Å²) in [6.07, 6.45) is 4.20. The zero-order valence-electron chi connectivity index (χ0n) is 21.4. The largest absolute Gasteiger partial charge is 0.445 e. The number of amides is 1. The molecule has 1 amide bonds. The number of fused-ring (bicyclic) bond motifs is 1. The summed E-state index contributed by atoms with van der Waals surface area (Å²) in [5, 5.41) is 7.87. The zero-order chi connectivity index (χ0) is 26.7. The van der Waals surface area contributed by atoms with Crippen molar-refractivity contribution in [1.82, 2.24) is 19.5 Å². The Morgan fingerprint density at radius 1 is 1.11 bits per heavy atom. The molecule has 1 aliphatic heterocycles. The lowest BCUT2D eigenvalue weighted by molar-refractivity contribution is 0.0868. The van der Waals surface area contributed by atoms with Crippen LogP contribution >= 0.6 is 0 Å². The van der Waals surface area contributed by atoms with Gasteiger partial charge in [-0.05, 0) is 48.1 Å². The zero-order valence-corrected chi connectivity index (χ0v) is 22.2. The quantitative estimate of drug-likeness (QED) is 0.363. The summed E-state index contributed by atoms with van der Waals surface area (Å²) in [5.74, 6) is 0.904. The molecule has 38 heavy (non-hydrogen) atoms. The van der Waals surface area contributed by atoms with Crippen LogP contribution in [0.25, 0.3) is 5.65 Å². The SMILES string of the molecule is C[B]c1cnn2c(Nc3ccc(S(C)(=O)=O)cc3)cc(C3CCN(C(=O)OCc4ccccc4)CC3)nc12. The minimum Gasteiger partial charge on any atom is -0.445 e. The molecule has 0 bridgehead atoms. The van der Waals surface area contributed by atoms with E-state index in [1.165, 1.54) is 6.26 Å². The summed E-state index contributed by atoms with van der Waals surface area (Å²) >= 11 is 0. The predicted molar refractivity (Wildman–Crippen MR) is 147 cm³/mol. The number of ether oxygens (including phenoxy) is 1. The van der Waals surface area contributed by atoms with Gasteiger partial charge in [0.2, 0.25) is 0 Å². The van der Waals surface area contributed by atoms with Gasteiger partial charge in [0.15, 0.2) is 22.8 Å². The standard InChI is InChI=1S/C27H29BN5O4S/c1-28-23-17-29-33-25(30-21-8-10-22(11-9-21)38(2,35)36)16-24(31-26(23)33)20-12-14-32(15-13-20)27(34)37-18-19-6-4-3-5-7-19/h3-11,16-17,20,30H,12-15,18H2,1-2H3. The number of nitrogens with one attached hydrogen (secondary N) is 1. The minimum absolute atomic E-state index is 0.172. The Kier molecular flexibility index (Phi) is 7.37. The Labute approximate surface area is 223 Å². The van der Waals surface area contributed by atoms with Gasteiger partial charge in [-0.25, -0.2) is 18.2 Å². The molecular weight excluding hydrogens is 501 g/mol. The second-order valence-corrected chi connectivity index (χ2v) is 11.4. The number of sulfone groups is 1. The second kappa shape index (κ2) is 10.9. The molecule has 1 radical (unpaired) electrons. The molecular formula is C27H29BN5O4S. The second-order valence-electron chi connectivity index (χ2n) is 9.41. The van der Waals surface area contributed by atoms with Gasteiger partial charge in [0, 0.05) is 48.9 Å². The Balaban J connectivity index is 1.32. The van der Waals surface area contributed by atoms with Crippen LogP contribution in [0.2, 0.25) is 6.82 Å². The van der Waals surface area contributed by atoms with E-state index in [2.05, 4.69) is 10.4 Å². The van der Waals surface area contributed by atoms with Crippen molar-refractivity contribution in [3.05, 3.63) is 78.1 Å². The summed E-state index contributed by atoms with van der Waals surface area (Å²) in [6, 6.07) is 18.3. The van der Waals surface area contributed by atoms with Gasteiger partial charge >= 0.3 is 6.09 Å². The highest BCUT2D eigenvalue weighted by atomic mass is 32.2. The summed E-state index contributed by atoms with van der Waals surface area (Å²) in [5.41, 5.74) is 4.29. The number of piperidine rings is 1. The molecule has 9 nitrogen and oxygen atoms in total. The third-order valence-electron chi connectivity index (χ3n) is 6.76. The molecule has 0 spiro atoms. The third kappa shape index (κ3) is 5.67. The highest BCUT2D eigenvalue weighted by Crippen LogP contribution is 2.30. The number of rotatable bonds is 7. The van der Waals surface area contributed by atoms with Gasteiger partial charge in [-0.1, -0.05) is 37.2 Å². The number of benzene rings is 2. The van der Waals surface area contributed by atoms with E-state index in [0.717, 1.165) is 46.7 Å². The molecule has 2 aromatic carbocycles. The number of carbonyl (C=O) groups is 1. The average Bonchev–Trinajstić information content (AvgIpc) is 3.36. The van der Waals surface area contributed by atoms with Gasteiger partial charge in [0.1, 0.15) is 12.4 Å². The van der Waals surface area contributed by atoms with Crippen molar-refractivity contribution < 1.29 is 17.9 Å². The van der Waals surface area contributed by atoms with Crippen molar-refractivity contribution in [2.45, 2.75) is 37.1 Å². The first-order valence-corrected chi connectivity index (χ1v) is 14.4. The van der Waals surface area contributed by atoms with Crippen molar-refractivity contribution in [3.8, 4) is 0 Å². The number of nitrogens with zero attached hydrogens (tertiary/aromatic N) is 4. The van der Waals surface area contributed by atoms with Crippen LogP contribution in [0.1, 0.15) is 30.0 Å². The van der Waals surface area contributed by atoms with E-state index in [4.69, 9.17) is 9.72 Å². The fourth-order valence-corrected chi connectivity index (χ4v) is 5.23. The predicted octanol–water partition coefficient (Wildman–Crippen LogP) is 3.77. The van der Waals surface area contributed by atoms with Gasteiger partial charge in [0.25, 0.3) is 0 Å². The normalized spacial score (nSPS) is 14.4. The number of carbonyl (C=O) groups excluding carboxylic acids is 1. The van der Waals surface area contributed by atoms with E-state index >= 15 is 0 Å². The molecule has 2 aromatic heterocycles. The number of aromatic nitrogens is 3. The summed E-state index contributed by atoms with van der Waals surface area (Å²) < 4.78 is 30.9. The van der Waals surface area contributed by atoms with E-state index in [0.29, 0.717) is 13.1 Å². The number of anilines is 2. The molecule has 0 unspecified atom stereocenters. The molecule has 4 aromatic rings. The maximum atomic E-state index is 12.6. The molecule has 1 saturated heterocycles. The lowest BCUT2D eigenvalue weighted by Gasteiger charge is -2.31. The van der Waals surface area contributed by atoms with Crippen molar-refractivity contribution in [2.75, 3.05) is 24.7 Å². The molecule has 11 heteroatoms. The molecule has 1 N–H and O–H groups in total. The van der Waals surface area contributed by atoms with E-state index in [1.807, 2.05) is 50.5 Å². The van der Waals surface area contributed by atoms with Gasteiger partial charge in [0.05, 0.1) is 4.90 Å². The first kappa shape index (κ1) is 25.8. The molecule has 1 aliphatic rings. The molecule has 3 heterocycles. The third-order valence-corrected chi connectivity index (χ3v) is 7.89. The van der Waals surface area contributed by atoms with Crippen LogP contribution in [0.3, 0.4) is 0 Å². The highest BCUT2D eigenvalue weighted by Gasteiger charge is 2.27. The van der Waals surface area contributed by atoms with Gasteiger partial charge in [-0.15, -0.1) is 0 Å². The monoisotopic (exact) mass is 530 g/mol. The van der Waals surface area contributed by atoms with Crippen molar-refractivity contribution in [2.24, 2.45) is 0 Å². The molecule has 1 fully saturated rings. The fourth-order valence-electron chi connectivity index (χ4n) is 4.60. The van der Waals surface area contributed by atoms with Crippen LogP contribution in [-0.4, -0.2) is 60.6 Å². The van der Waals surface area contributed by atoms with Crippen LogP contribution in [0.4, 0.5) is 16.3 Å². The van der Waals surface area contributed by atoms with Crippen molar-refractivity contribution in [3.63, 3.8) is 0 Å². The van der Waals surface area contributed by atoms with Crippen LogP contribution in [-0.2, 0) is 21.2 Å². The topological polar surface area (TPSA) is 106 Å². The first-order valence-electron chi connectivity index (χ1n) is 12.5. The molecule has 0 aliphatic carbocycles. The minimum atomic E-state index is -3.27. The van der Waals surface area contributed by atoms with Crippen molar-refractivity contribution in [1.29, 1.82) is 0 Å². The van der Waals surface area contributed by atoms with E-state index in [9.17, 15) is 13.2 Å². The summed E-state index contributed by atoms with van der Waals surface area (Å²) in [7, 11) is -1.31. The van der Waals surface area contributed by atoms with Crippen LogP contribution in [0.5, 0.6) is 0 Å². The van der Waals surface area contributed by atoms with Crippen molar-refractivity contribution >= 4 is 45.8 Å². The number of likely N-dealkylation sites (tertiary alicyclic amines) is 1. The van der Waals surface area contributed by atoms with Gasteiger partial charge in [-0.2, -0.15) is 9.61 Å². The molecule has 0 saturated carbocycles. The number of hydrogen-bond acceptors (Lipinski definition) is 7. The number of hydrogen-bond donors (Lipinski definition) is 1. The fraction of sp³-hybridized carbons (Fsp3) is 0.296. The Morgan fingerprint density at radius 3 is 2.47 bits per heavy atom.